The summed E-state index contributed by atoms with van der Waals surface area (Å²) in [5, 5.41) is 0.866. The summed E-state index contributed by atoms with van der Waals surface area (Å²) in [7, 11) is 0. The monoisotopic (exact) mass is 323 g/mol. The predicted molar refractivity (Wildman–Crippen MR) is 83.1 cm³/mol. The first kappa shape index (κ1) is 15.7. The molecule has 0 aliphatic rings. The Morgan fingerprint density at radius 1 is 1.19 bits per heavy atom. The molecule has 0 saturated carbocycles. The maximum absolute atomic E-state index is 13.3. The zero-order valence-electron chi connectivity index (χ0n) is 11.0. The second-order valence-corrected chi connectivity index (χ2v) is 4.93. The van der Waals surface area contributed by atoms with Crippen LogP contribution < -0.4 is 10.5 Å². The molecule has 2 nitrogen and oxygen atoms in total. The third-order valence-electron chi connectivity index (χ3n) is 2.68. The Morgan fingerprint density at radius 3 is 2.76 bits per heavy atom. The third kappa shape index (κ3) is 4.12. The van der Waals surface area contributed by atoms with Crippen LogP contribution in [0.2, 0.25) is 10.0 Å². The fraction of sp³-hybridized carbons (Fsp3) is 0.125. The van der Waals surface area contributed by atoms with Crippen molar-refractivity contribution in [1.82, 2.24) is 0 Å². The van der Waals surface area contributed by atoms with E-state index >= 15 is 0 Å². The molecule has 0 atom stereocenters. The normalized spacial score (nSPS) is 9.90. The molecule has 2 rings (SSSR count). The van der Waals surface area contributed by atoms with Crippen LogP contribution in [0.5, 0.6) is 5.75 Å². The molecule has 2 aromatic rings. The summed E-state index contributed by atoms with van der Waals surface area (Å²) in [6, 6.07) is 9.39. The minimum absolute atomic E-state index is 0.167. The maximum atomic E-state index is 13.3. The van der Waals surface area contributed by atoms with Gasteiger partial charge in [-0.15, -0.1) is 0 Å². The van der Waals surface area contributed by atoms with Crippen molar-refractivity contribution in [3.63, 3.8) is 0 Å². The first-order valence-corrected chi connectivity index (χ1v) is 6.91. The number of halogens is 3. The van der Waals surface area contributed by atoms with Crippen LogP contribution in [0, 0.1) is 17.7 Å². The topological polar surface area (TPSA) is 35.2 Å². The number of nitrogens with two attached hydrogens (primary N) is 1. The summed E-state index contributed by atoms with van der Waals surface area (Å²) < 4.78 is 18.9. The van der Waals surface area contributed by atoms with E-state index in [9.17, 15) is 4.39 Å². The van der Waals surface area contributed by atoms with Crippen LogP contribution in [0.3, 0.4) is 0 Å². The molecule has 0 bridgehead atoms. The van der Waals surface area contributed by atoms with Crippen molar-refractivity contribution in [3.8, 4) is 17.6 Å². The molecular weight excluding hydrogens is 312 g/mol. The van der Waals surface area contributed by atoms with Crippen molar-refractivity contribution in [2.24, 2.45) is 5.73 Å². The molecule has 0 aliphatic heterocycles. The summed E-state index contributed by atoms with van der Waals surface area (Å²) >= 11 is 12.0. The van der Waals surface area contributed by atoms with Gasteiger partial charge in [0, 0.05) is 11.6 Å². The van der Waals surface area contributed by atoms with Gasteiger partial charge in [-0.05, 0) is 18.2 Å². The maximum Gasteiger partial charge on any atom is 0.138 e. The highest BCUT2D eigenvalue weighted by Gasteiger charge is 2.08. The summed E-state index contributed by atoms with van der Waals surface area (Å²) in [5.41, 5.74) is 6.62. The van der Waals surface area contributed by atoms with Gasteiger partial charge in [-0.3, -0.25) is 0 Å². The Hall–Kier alpha value is -1.73. The number of hydrogen-bond donors (Lipinski definition) is 1. The van der Waals surface area contributed by atoms with Crippen molar-refractivity contribution >= 4 is 23.2 Å². The van der Waals surface area contributed by atoms with Gasteiger partial charge in [-0.2, -0.15) is 0 Å². The molecule has 0 fully saturated rings. The molecule has 0 aliphatic carbocycles. The first-order chi connectivity index (χ1) is 10.1. The SMILES string of the molecule is NCC#Cc1ccc(F)cc1OCc1cccc(Cl)c1Cl. The van der Waals surface area contributed by atoms with E-state index < -0.39 is 5.82 Å². The molecule has 0 heterocycles. The number of hydrogen-bond acceptors (Lipinski definition) is 2. The van der Waals surface area contributed by atoms with Crippen molar-refractivity contribution in [3.05, 3.63) is 63.4 Å². The van der Waals surface area contributed by atoms with Crippen LogP contribution >= 0.6 is 23.2 Å². The molecule has 108 valence electrons. The Kier molecular flexibility index (Phi) is 5.46. The fourth-order valence-electron chi connectivity index (χ4n) is 1.68. The fourth-order valence-corrected chi connectivity index (χ4v) is 2.06. The Balaban J connectivity index is 2.23. The molecule has 0 unspecified atom stereocenters. The third-order valence-corrected chi connectivity index (χ3v) is 3.54. The molecule has 0 saturated heterocycles. The van der Waals surface area contributed by atoms with E-state index in [1.54, 1.807) is 24.3 Å². The summed E-state index contributed by atoms with van der Waals surface area (Å²) in [6.07, 6.45) is 0. The summed E-state index contributed by atoms with van der Waals surface area (Å²) in [4.78, 5) is 0. The smallest absolute Gasteiger partial charge is 0.138 e. The Bertz CT molecular complexity index is 707. The van der Waals surface area contributed by atoms with Crippen LogP contribution in [-0.4, -0.2) is 6.54 Å². The molecule has 2 N–H and O–H groups in total. The number of ether oxygens (including phenoxy) is 1. The van der Waals surface area contributed by atoms with Gasteiger partial charge in [-0.1, -0.05) is 47.2 Å². The Morgan fingerprint density at radius 2 is 2.00 bits per heavy atom. The van der Waals surface area contributed by atoms with Gasteiger partial charge in [-0.25, -0.2) is 4.39 Å². The number of benzene rings is 2. The summed E-state index contributed by atoms with van der Waals surface area (Å²) in [6.45, 7) is 0.386. The van der Waals surface area contributed by atoms with Gasteiger partial charge < -0.3 is 10.5 Å². The van der Waals surface area contributed by atoms with Crippen LogP contribution in [-0.2, 0) is 6.61 Å². The van der Waals surface area contributed by atoms with E-state index in [2.05, 4.69) is 11.8 Å². The van der Waals surface area contributed by atoms with E-state index in [0.29, 0.717) is 26.9 Å². The zero-order chi connectivity index (χ0) is 15.2. The highest BCUT2D eigenvalue weighted by atomic mass is 35.5. The largest absolute Gasteiger partial charge is 0.487 e. The van der Waals surface area contributed by atoms with E-state index in [1.165, 1.54) is 12.1 Å². The molecule has 2 aromatic carbocycles. The lowest BCUT2D eigenvalue weighted by molar-refractivity contribution is 0.304. The van der Waals surface area contributed by atoms with E-state index in [1.807, 2.05) is 0 Å². The molecule has 0 spiro atoms. The highest BCUT2D eigenvalue weighted by Crippen LogP contribution is 2.27. The van der Waals surface area contributed by atoms with E-state index in [0.717, 1.165) is 0 Å². The predicted octanol–water partition coefficient (Wildman–Crippen LogP) is 4.02. The van der Waals surface area contributed by atoms with Crippen molar-refractivity contribution in [2.45, 2.75) is 6.61 Å². The van der Waals surface area contributed by atoms with E-state index in [-0.39, 0.29) is 13.2 Å². The number of rotatable bonds is 3. The van der Waals surface area contributed by atoms with Gasteiger partial charge in [0.1, 0.15) is 18.2 Å². The van der Waals surface area contributed by atoms with Gasteiger partial charge in [0.05, 0.1) is 22.2 Å². The first-order valence-electron chi connectivity index (χ1n) is 6.16. The molecule has 0 radical (unpaired) electrons. The van der Waals surface area contributed by atoms with Gasteiger partial charge in [0.25, 0.3) is 0 Å². The lowest BCUT2D eigenvalue weighted by Crippen LogP contribution is -1.99. The van der Waals surface area contributed by atoms with E-state index in [4.69, 9.17) is 33.7 Å². The molecule has 5 heteroatoms. The second kappa shape index (κ2) is 7.33. The quantitative estimate of drug-likeness (QED) is 0.866. The lowest BCUT2D eigenvalue weighted by Gasteiger charge is -2.10. The van der Waals surface area contributed by atoms with Crippen LogP contribution in [0.4, 0.5) is 4.39 Å². The van der Waals surface area contributed by atoms with Crippen molar-refractivity contribution < 1.29 is 9.13 Å². The standard InChI is InChI=1S/C16H12Cl2FNO/c17-14-5-1-3-12(16(14)18)10-21-15-9-13(19)7-6-11(15)4-2-8-20/h1,3,5-7,9H,8,10,20H2. The van der Waals surface area contributed by atoms with Gasteiger partial charge >= 0.3 is 0 Å². The molecule has 0 amide bonds. The van der Waals surface area contributed by atoms with Gasteiger partial charge in [0.15, 0.2) is 0 Å². The Labute approximate surface area is 132 Å². The summed E-state index contributed by atoms with van der Waals surface area (Å²) in [5.74, 6) is 5.49. The average Bonchev–Trinajstić information content (AvgIpc) is 2.48. The average molecular weight is 324 g/mol. The molecular formula is C16H12Cl2FNO. The molecule has 21 heavy (non-hydrogen) atoms. The van der Waals surface area contributed by atoms with Gasteiger partial charge in [0.2, 0.25) is 0 Å². The minimum Gasteiger partial charge on any atom is -0.487 e. The van der Waals surface area contributed by atoms with Crippen molar-refractivity contribution in [2.75, 3.05) is 6.54 Å². The van der Waals surface area contributed by atoms with Crippen LogP contribution in [0.1, 0.15) is 11.1 Å². The second-order valence-electron chi connectivity index (χ2n) is 4.15. The highest BCUT2D eigenvalue weighted by molar-refractivity contribution is 6.42. The zero-order valence-corrected chi connectivity index (χ0v) is 12.5. The minimum atomic E-state index is -0.402. The van der Waals surface area contributed by atoms with Crippen LogP contribution in [0.15, 0.2) is 36.4 Å². The lowest BCUT2D eigenvalue weighted by atomic mass is 10.2. The van der Waals surface area contributed by atoms with Crippen molar-refractivity contribution in [1.29, 1.82) is 0 Å². The van der Waals surface area contributed by atoms with Crippen LogP contribution in [0.25, 0.3) is 0 Å². The molecule has 0 aromatic heterocycles.